The number of carbonyl (C=O) groups is 5. The third-order valence-electron chi connectivity index (χ3n) is 6.87. The second-order valence-electron chi connectivity index (χ2n) is 10.7. The van der Waals surface area contributed by atoms with Gasteiger partial charge in [0, 0.05) is 24.5 Å². The molecule has 10 nitrogen and oxygen atoms in total. The van der Waals surface area contributed by atoms with Crippen LogP contribution in [-0.4, -0.2) is 78.0 Å². The van der Waals surface area contributed by atoms with Crippen LogP contribution in [0.5, 0.6) is 0 Å². The van der Waals surface area contributed by atoms with Gasteiger partial charge in [0.2, 0.25) is 11.8 Å². The van der Waals surface area contributed by atoms with Crippen molar-refractivity contribution < 1.29 is 41.9 Å². The van der Waals surface area contributed by atoms with Gasteiger partial charge in [0.25, 0.3) is 0 Å². The van der Waals surface area contributed by atoms with Gasteiger partial charge in [0.15, 0.2) is 5.78 Å². The number of hydrogen-bond acceptors (Lipinski definition) is 6. The summed E-state index contributed by atoms with van der Waals surface area (Å²) in [5, 5.41) is 7.66. The number of ether oxygens (including phenoxy) is 1. The SMILES string of the molecule is CC(C)(C)NC(=O)C(=O)N1CC2CCCC2C1C(=O)NC(C[C@@H]1CCNC1=O)C(=O)COC(F)(F)F. The van der Waals surface area contributed by atoms with Gasteiger partial charge in [-0.05, 0) is 58.3 Å². The zero-order valence-corrected chi connectivity index (χ0v) is 20.6. The first kappa shape index (κ1) is 27.9. The van der Waals surface area contributed by atoms with Crippen LogP contribution >= 0.6 is 0 Å². The van der Waals surface area contributed by atoms with Gasteiger partial charge in [-0.1, -0.05) is 6.42 Å². The average Bonchev–Trinajstić information content (AvgIpc) is 3.45. The van der Waals surface area contributed by atoms with Crippen molar-refractivity contribution in [1.82, 2.24) is 20.9 Å². The lowest BCUT2D eigenvalue weighted by molar-refractivity contribution is -0.321. The minimum Gasteiger partial charge on any atom is -0.356 e. The van der Waals surface area contributed by atoms with E-state index in [0.717, 1.165) is 12.8 Å². The largest absolute Gasteiger partial charge is 0.522 e. The smallest absolute Gasteiger partial charge is 0.356 e. The first-order valence-electron chi connectivity index (χ1n) is 12.1. The Morgan fingerprint density at radius 2 is 1.83 bits per heavy atom. The third-order valence-corrected chi connectivity index (χ3v) is 6.87. The molecule has 0 spiro atoms. The van der Waals surface area contributed by atoms with Crippen LogP contribution in [-0.2, 0) is 28.7 Å². The number of fused-ring (bicyclic) bond motifs is 1. The highest BCUT2D eigenvalue weighted by molar-refractivity contribution is 6.35. The zero-order valence-electron chi connectivity index (χ0n) is 20.6. The standard InChI is InChI=1S/C23H33F3N4O6/c1-22(2,3)29-20(34)21(35)30-10-13-5-4-6-14(13)17(30)19(33)28-15(9-12-7-8-27-18(12)32)16(31)11-36-23(24,25)26/h12-15,17H,4-11H2,1-3H3,(H,27,32)(H,28,33)(H,29,34)/t12-,13?,14?,15?,17?/m0/s1. The van der Waals surface area contributed by atoms with E-state index in [4.69, 9.17) is 0 Å². The number of hydrogen-bond donors (Lipinski definition) is 3. The van der Waals surface area contributed by atoms with Crippen molar-refractivity contribution in [3.8, 4) is 0 Å². The number of amides is 4. The number of Topliss-reactive ketones (excluding diaryl/α,β-unsaturated/α-hetero) is 1. The number of rotatable bonds is 7. The molecule has 1 saturated carbocycles. The summed E-state index contributed by atoms with van der Waals surface area (Å²) in [6.45, 7) is 4.35. The van der Waals surface area contributed by atoms with Crippen molar-refractivity contribution in [1.29, 1.82) is 0 Å². The van der Waals surface area contributed by atoms with E-state index in [9.17, 15) is 37.1 Å². The number of nitrogens with zero attached hydrogens (tertiary/aromatic N) is 1. The molecule has 0 aromatic carbocycles. The monoisotopic (exact) mass is 518 g/mol. The van der Waals surface area contributed by atoms with Crippen LogP contribution in [0.1, 0.15) is 52.9 Å². The highest BCUT2D eigenvalue weighted by Gasteiger charge is 2.51. The zero-order chi connectivity index (χ0) is 26.8. The third kappa shape index (κ3) is 6.95. The predicted molar refractivity (Wildman–Crippen MR) is 119 cm³/mol. The fourth-order valence-electron chi connectivity index (χ4n) is 5.31. The van der Waals surface area contributed by atoms with Crippen molar-refractivity contribution in [2.45, 2.75) is 76.9 Å². The van der Waals surface area contributed by atoms with Crippen molar-refractivity contribution in [3.05, 3.63) is 0 Å². The van der Waals surface area contributed by atoms with Crippen LogP contribution in [0.4, 0.5) is 13.2 Å². The lowest BCUT2D eigenvalue weighted by Gasteiger charge is -2.30. The van der Waals surface area contributed by atoms with Crippen molar-refractivity contribution in [2.75, 3.05) is 19.7 Å². The minimum atomic E-state index is -5.04. The molecule has 4 unspecified atom stereocenters. The Balaban J connectivity index is 1.78. The molecule has 36 heavy (non-hydrogen) atoms. The maximum absolute atomic E-state index is 13.4. The second kappa shape index (κ2) is 10.7. The van der Waals surface area contributed by atoms with E-state index >= 15 is 0 Å². The van der Waals surface area contributed by atoms with Crippen LogP contribution < -0.4 is 16.0 Å². The Bertz CT molecular complexity index is 903. The van der Waals surface area contributed by atoms with Crippen LogP contribution in [0.15, 0.2) is 0 Å². The van der Waals surface area contributed by atoms with Gasteiger partial charge >= 0.3 is 18.2 Å². The highest BCUT2D eigenvalue weighted by Crippen LogP contribution is 2.42. The fourth-order valence-corrected chi connectivity index (χ4v) is 5.31. The Morgan fingerprint density at radius 3 is 2.42 bits per heavy atom. The molecule has 3 aliphatic rings. The molecule has 3 N–H and O–H groups in total. The van der Waals surface area contributed by atoms with E-state index in [2.05, 4.69) is 20.7 Å². The van der Waals surface area contributed by atoms with Gasteiger partial charge in [-0.2, -0.15) is 0 Å². The number of nitrogens with one attached hydrogen (secondary N) is 3. The molecular weight excluding hydrogens is 485 g/mol. The van der Waals surface area contributed by atoms with Crippen LogP contribution in [0, 0.1) is 17.8 Å². The fraction of sp³-hybridized carbons (Fsp3) is 0.783. The molecule has 2 heterocycles. The maximum atomic E-state index is 13.4. The molecule has 3 fully saturated rings. The summed E-state index contributed by atoms with van der Waals surface area (Å²) in [6, 6.07) is -2.47. The Labute approximate surface area is 207 Å². The number of likely N-dealkylation sites (tertiary alicyclic amines) is 1. The summed E-state index contributed by atoms with van der Waals surface area (Å²) in [5.41, 5.74) is -0.683. The van der Waals surface area contributed by atoms with Crippen LogP contribution in [0.2, 0.25) is 0 Å². The average molecular weight is 519 g/mol. The predicted octanol–water partition coefficient (Wildman–Crippen LogP) is 0.645. The van der Waals surface area contributed by atoms with E-state index in [0.29, 0.717) is 19.4 Å². The van der Waals surface area contributed by atoms with Crippen molar-refractivity contribution >= 4 is 29.4 Å². The molecule has 0 aromatic rings. The molecule has 0 radical (unpaired) electrons. The molecule has 2 aliphatic heterocycles. The molecular formula is C23H33F3N4O6. The molecule has 5 atom stereocenters. The number of alkyl halides is 3. The first-order valence-corrected chi connectivity index (χ1v) is 12.1. The maximum Gasteiger partial charge on any atom is 0.522 e. The molecule has 4 amide bonds. The van der Waals surface area contributed by atoms with E-state index in [-0.39, 0.29) is 30.7 Å². The van der Waals surface area contributed by atoms with Gasteiger partial charge in [0.1, 0.15) is 12.6 Å². The van der Waals surface area contributed by atoms with Gasteiger partial charge in [-0.3, -0.25) is 28.7 Å². The Hall–Kier alpha value is -2.70. The molecule has 202 valence electrons. The van der Waals surface area contributed by atoms with Gasteiger partial charge in [0.05, 0.1) is 6.04 Å². The van der Waals surface area contributed by atoms with Gasteiger partial charge < -0.3 is 20.9 Å². The summed E-state index contributed by atoms with van der Waals surface area (Å²) in [4.78, 5) is 64.8. The van der Waals surface area contributed by atoms with Crippen LogP contribution in [0.25, 0.3) is 0 Å². The van der Waals surface area contributed by atoms with Crippen LogP contribution in [0.3, 0.4) is 0 Å². The summed E-state index contributed by atoms with van der Waals surface area (Å²) in [6.07, 6.45) is -2.64. The highest BCUT2D eigenvalue weighted by atomic mass is 19.4. The topological polar surface area (TPSA) is 134 Å². The van der Waals surface area contributed by atoms with Gasteiger partial charge in [-0.25, -0.2) is 0 Å². The number of halogens is 3. The molecule has 2 saturated heterocycles. The summed E-state index contributed by atoms with van der Waals surface area (Å²) in [5.74, 6) is -4.78. The quantitative estimate of drug-likeness (QED) is 0.424. The van der Waals surface area contributed by atoms with Gasteiger partial charge in [-0.15, -0.1) is 13.2 Å². The molecule has 0 bridgehead atoms. The normalized spacial score (nSPS) is 26.8. The number of ketones is 1. The van der Waals surface area contributed by atoms with Crippen molar-refractivity contribution in [2.24, 2.45) is 17.8 Å². The molecule has 0 aromatic heterocycles. The number of carbonyl (C=O) groups excluding carboxylic acids is 5. The van der Waals surface area contributed by atoms with E-state index in [1.165, 1.54) is 4.90 Å². The molecule has 1 aliphatic carbocycles. The van der Waals surface area contributed by atoms with E-state index < -0.39 is 60.0 Å². The molecule has 3 rings (SSSR count). The second-order valence-corrected chi connectivity index (χ2v) is 10.7. The van der Waals surface area contributed by atoms with E-state index in [1.54, 1.807) is 20.8 Å². The summed E-state index contributed by atoms with van der Waals surface area (Å²) < 4.78 is 41.2. The van der Waals surface area contributed by atoms with E-state index in [1.807, 2.05) is 0 Å². The lowest BCUT2D eigenvalue weighted by Crippen LogP contribution is -2.57. The van der Waals surface area contributed by atoms with Crippen molar-refractivity contribution in [3.63, 3.8) is 0 Å². The Morgan fingerprint density at radius 1 is 1.14 bits per heavy atom. The summed E-state index contributed by atoms with van der Waals surface area (Å²) in [7, 11) is 0. The molecule has 13 heteroatoms. The summed E-state index contributed by atoms with van der Waals surface area (Å²) >= 11 is 0. The Kier molecular flexibility index (Phi) is 8.31. The lowest BCUT2D eigenvalue weighted by atomic mass is 9.92. The first-order chi connectivity index (χ1) is 16.7. The minimum absolute atomic E-state index is 0.00420.